The smallest absolute Gasteiger partial charge is 0.325 e. The van der Waals surface area contributed by atoms with E-state index in [4.69, 9.17) is 21.4 Å². The molecule has 1 N–H and O–H groups in total. The average molecular weight is 229 g/mol. The Kier molecular flexibility index (Phi) is 3.97. The van der Waals surface area contributed by atoms with E-state index in [1.807, 2.05) is 32.0 Å². The number of carbonyl (C=O) groups is 1. The van der Waals surface area contributed by atoms with Gasteiger partial charge in [0.1, 0.15) is 12.4 Å². The fourth-order valence-electron chi connectivity index (χ4n) is 1.26. The van der Waals surface area contributed by atoms with E-state index in [9.17, 15) is 4.79 Å². The molecule has 0 aromatic heterocycles. The zero-order valence-corrected chi connectivity index (χ0v) is 9.41. The summed E-state index contributed by atoms with van der Waals surface area (Å²) in [6, 6.07) is 5.71. The second kappa shape index (κ2) is 5.03. The second-order valence-corrected chi connectivity index (χ2v) is 3.97. The Bertz CT molecular complexity index is 343. The number of aryl methyl sites for hydroxylation is 2. The number of ether oxygens (including phenoxy) is 1. The van der Waals surface area contributed by atoms with Crippen LogP contribution in [0, 0.1) is 13.8 Å². The molecule has 0 spiro atoms. The Morgan fingerprint density at radius 3 is 2.40 bits per heavy atom. The van der Waals surface area contributed by atoms with Gasteiger partial charge in [-0.3, -0.25) is 4.79 Å². The third-order valence-corrected chi connectivity index (χ3v) is 2.17. The lowest BCUT2D eigenvalue weighted by molar-refractivity contribution is -0.137. The molecule has 0 fully saturated rings. The van der Waals surface area contributed by atoms with Gasteiger partial charge in [0, 0.05) is 0 Å². The molecule has 0 heterocycles. The summed E-state index contributed by atoms with van der Waals surface area (Å²) < 4.78 is 5.28. The van der Waals surface area contributed by atoms with E-state index < -0.39 is 11.3 Å². The van der Waals surface area contributed by atoms with Gasteiger partial charge >= 0.3 is 5.97 Å². The second-order valence-electron chi connectivity index (χ2n) is 3.44. The van der Waals surface area contributed by atoms with Crippen molar-refractivity contribution in [2.45, 2.75) is 19.2 Å². The van der Waals surface area contributed by atoms with E-state index in [2.05, 4.69) is 0 Å². The average Bonchev–Trinajstić information content (AvgIpc) is 2.12. The highest BCUT2D eigenvalue weighted by Gasteiger charge is 2.14. The van der Waals surface area contributed by atoms with Gasteiger partial charge in [0.25, 0.3) is 0 Å². The zero-order chi connectivity index (χ0) is 11.4. The standard InChI is InChI=1S/C11H13ClO3/c1-7-3-8(2)5-9(4-7)15-6-10(12)11(13)14/h3-5,10H,6H2,1-2H3,(H,13,14). The van der Waals surface area contributed by atoms with Crippen molar-refractivity contribution in [3.63, 3.8) is 0 Å². The van der Waals surface area contributed by atoms with Crippen LogP contribution in [0.5, 0.6) is 5.75 Å². The summed E-state index contributed by atoms with van der Waals surface area (Å²) in [4.78, 5) is 10.4. The summed E-state index contributed by atoms with van der Waals surface area (Å²) in [5.74, 6) is -0.416. The maximum absolute atomic E-state index is 10.4. The minimum absolute atomic E-state index is 0.0280. The maximum Gasteiger partial charge on any atom is 0.325 e. The van der Waals surface area contributed by atoms with Crippen molar-refractivity contribution in [3.8, 4) is 5.75 Å². The third kappa shape index (κ3) is 3.80. The number of rotatable bonds is 4. The predicted molar refractivity (Wildman–Crippen MR) is 58.7 cm³/mol. The summed E-state index contributed by atoms with van der Waals surface area (Å²) in [7, 11) is 0. The first-order valence-electron chi connectivity index (χ1n) is 4.57. The van der Waals surface area contributed by atoms with Gasteiger partial charge < -0.3 is 9.84 Å². The number of carboxylic acid groups (broad SMARTS) is 1. The molecule has 1 aromatic carbocycles. The molecular formula is C11H13ClO3. The van der Waals surface area contributed by atoms with Crippen molar-refractivity contribution in [1.82, 2.24) is 0 Å². The molecule has 1 aromatic rings. The first kappa shape index (κ1) is 11.9. The van der Waals surface area contributed by atoms with Crippen LogP contribution < -0.4 is 4.74 Å². The molecule has 4 heteroatoms. The Morgan fingerprint density at radius 1 is 1.40 bits per heavy atom. The number of benzene rings is 1. The summed E-state index contributed by atoms with van der Waals surface area (Å²) >= 11 is 5.52. The summed E-state index contributed by atoms with van der Waals surface area (Å²) in [5.41, 5.74) is 2.15. The van der Waals surface area contributed by atoms with Gasteiger partial charge in [0.05, 0.1) is 0 Å². The highest BCUT2D eigenvalue weighted by molar-refractivity contribution is 6.29. The van der Waals surface area contributed by atoms with Crippen molar-refractivity contribution in [1.29, 1.82) is 0 Å². The van der Waals surface area contributed by atoms with E-state index in [0.29, 0.717) is 5.75 Å². The molecule has 1 unspecified atom stereocenters. The zero-order valence-electron chi connectivity index (χ0n) is 8.66. The predicted octanol–water partition coefficient (Wildman–Crippen LogP) is 2.37. The maximum atomic E-state index is 10.4. The first-order chi connectivity index (χ1) is 6.99. The van der Waals surface area contributed by atoms with Crippen LogP contribution >= 0.6 is 11.6 Å². The number of hydrogen-bond acceptors (Lipinski definition) is 2. The fourth-order valence-corrected chi connectivity index (χ4v) is 1.32. The number of halogens is 1. The first-order valence-corrected chi connectivity index (χ1v) is 5.00. The van der Waals surface area contributed by atoms with Gasteiger partial charge in [-0.25, -0.2) is 0 Å². The van der Waals surface area contributed by atoms with E-state index >= 15 is 0 Å². The van der Waals surface area contributed by atoms with Crippen LogP contribution in [-0.4, -0.2) is 23.1 Å². The van der Waals surface area contributed by atoms with Crippen molar-refractivity contribution in [2.24, 2.45) is 0 Å². The molecule has 0 saturated carbocycles. The number of carboxylic acids is 1. The van der Waals surface area contributed by atoms with Gasteiger partial charge in [-0.05, 0) is 37.1 Å². The molecule has 0 radical (unpaired) electrons. The SMILES string of the molecule is Cc1cc(C)cc(OCC(Cl)C(=O)O)c1. The van der Waals surface area contributed by atoms with E-state index in [0.717, 1.165) is 11.1 Å². The Balaban J connectivity index is 2.61. The van der Waals surface area contributed by atoms with Crippen LogP contribution in [0.1, 0.15) is 11.1 Å². The third-order valence-electron chi connectivity index (χ3n) is 1.86. The largest absolute Gasteiger partial charge is 0.491 e. The van der Waals surface area contributed by atoms with Gasteiger partial charge in [0.15, 0.2) is 5.38 Å². The number of aliphatic carboxylic acids is 1. The number of hydrogen-bond donors (Lipinski definition) is 1. The van der Waals surface area contributed by atoms with Crippen LogP contribution in [-0.2, 0) is 4.79 Å². The number of alkyl halides is 1. The van der Waals surface area contributed by atoms with Crippen LogP contribution in [0.2, 0.25) is 0 Å². The van der Waals surface area contributed by atoms with Gasteiger partial charge in [-0.1, -0.05) is 6.07 Å². The molecule has 15 heavy (non-hydrogen) atoms. The van der Waals surface area contributed by atoms with Crippen LogP contribution in [0.4, 0.5) is 0 Å². The van der Waals surface area contributed by atoms with Crippen molar-refractivity contribution < 1.29 is 14.6 Å². The molecule has 3 nitrogen and oxygen atoms in total. The quantitative estimate of drug-likeness (QED) is 0.805. The van der Waals surface area contributed by atoms with Gasteiger partial charge in [0.2, 0.25) is 0 Å². The van der Waals surface area contributed by atoms with Crippen molar-refractivity contribution >= 4 is 17.6 Å². The molecule has 0 aliphatic rings. The summed E-state index contributed by atoms with van der Waals surface area (Å²) in [5, 5.41) is 7.55. The normalized spacial score (nSPS) is 12.2. The Hall–Kier alpha value is -1.22. The summed E-state index contributed by atoms with van der Waals surface area (Å²) in [6.07, 6.45) is 0. The van der Waals surface area contributed by atoms with E-state index in [1.54, 1.807) is 0 Å². The topological polar surface area (TPSA) is 46.5 Å². The molecule has 0 saturated heterocycles. The lowest BCUT2D eigenvalue weighted by Gasteiger charge is -2.09. The Labute approximate surface area is 93.6 Å². The Morgan fingerprint density at radius 2 is 1.93 bits per heavy atom. The molecular weight excluding hydrogens is 216 g/mol. The fraction of sp³-hybridized carbons (Fsp3) is 0.364. The minimum atomic E-state index is -1.07. The molecule has 0 aliphatic carbocycles. The van der Waals surface area contributed by atoms with Crippen LogP contribution in [0.25, 0.3) is 0 Å². The lowest BCUT2D eigenvalue weighted by Crippen LogP contribution is -2.21. The van der Waals surface area contributed by atoms with Gasteiger partial charge in [-0.2, -0.15) is 0 Å². The molecule has 0 aliphatic heterocycles. The summed E-state index contributed by atoms with van der Waals surface area (Å²) in [6.45, 7) is 3.88. The lowest BCUT2D eigenvalue weighted by atomic mass is 10.1. The molecule has 1 atom stereocenters. The molecule has 82 valence electrons. The van der Waals surface area contributed by atoms with Crippen molar-refractivity contribution in [3.05, 3.63) is 29.3 Å². The van der Waals surface area contributed by atoms with Gasteiger partial charge in [-0.15, -0.1) is 11.6 Å². The highest BCUT2D eigenvalue weighted by atomic mass is 35.5. The monoisotopic (exact) mass is 228 g/mol. The van der Waals surface area contributed by atoms with Crippen molar-refractivity contribution in [2.75, 3.05) is 6.61 Å². The van der Waals surface area contributed by atoms with E-state index in [-0.39, 0.29) is 6.61 Å². The van der Waals surface area contributed by atoms with E-state index in [1.165, 1.54) is 0 Å². The van der Waals surface area contributed by atoms with Crippen LogP contribution in [0.15, 0.2) is 18.2 Å². The molecule has 1 rings (SSSR count). The molecule has 0 bridgehead atoms. The molecule has 0 amide bonds. The highest BCUT2D eigenvalue weighted by Crippen LogP contribution is 2.16. The van der Waals surface area contributed by atoms with Crippen LogP contribution in [0.3, 0.4) is 0 Å². The minimum Gasteiger partial charge on any atom is -0.491 e.